The van der Waals surface area contributed by atoms with Crippen LogP contribution in [0.5, 0.6) is 11.8 Å². The Morgan fingerprint density at radius 1 is 1.11 bits per heavy atom. The molecular formula is C37H42ClF2N7O8S. The molecule has 0 bridgehead atoms. The standard InChI is InChI=1S/C37H42ClF2N7O8S/c1-36(2,3)54-34(50)42-14-18(15-46(7)8)17-53-33-43-28-25-29(52-12-11-47(16-22(48)49)31(25)44-33)26(38)24(27(28)40)19-9-10-21(39)30-23(19)20(13-41)32(56-30)45-35(51)55-37(4,5)6/h9-10,18H,11-12,14-17H2,1-8H3,(H,42,50)(H,45,51)(H,48,49). The molecule has 3 N–H and O–H groups in total. The minimum atomic E-state index is -1.20. The van der Waals surface area contributed by atoms with Gasteiger partial charge >= 0.3 is 24.2 Å². The van der Waals surface area contributed by atoms with Gasteiger partial charge in [-0.3, -0.25) is 10.1 Å². The Morgan fingerprint density at radius 2 is 1.79 bits per heavy atom. The van der Waals surface area contributed by atoms with Crippen molar-refractivity contribution in [1.82, 2.24) is 20.2 Å². The van der Waals surface area contributed by atoms with Crippen LogP contribution in [0.25, 0.3) is 32.1 Å². The number of alkyl carbamates (subject to hydrolysis) is 1. The fourth-order valence-corrected chi connectivity index (χ4v) is 7.38. The highest BCUT2D eigenvalue weighted by molar-refractivity contribution is 7.23. The second-order valence-corrected chi connectivity index (χ2v) is 16.6. The zero-order valence-corrected chi connectivity index (χ0v) is 33.6. The topological polar surface area (TPSA) is 188 Å². The van der Waals surface area contributed by atoms with Crippen molar-refractivity contribution >= 4 is 72.9 Å². The first-order valence-corrected chi connectivity index (χ1v) is 18.6. The zero-order chi connectivity index (χ0) is 41.3. The number of thiophene rings is 1. The van der Waals surface area contributed by atoms with E-state index in [1.165, 1.54) is 11.0 Å². The molecule has 0 radical (unpaired) electrons. The summed E-state index contributed by atoms with van der Waals surface area (Å²) < 4.78 is 55.4. The number of hydrogen-bond donors (Lipinski definition) is 3. The van der Waals surface area contributed by atoms with Gasteiger partial charge in [0.1, 0.15) is 52.6 Å². The van der Waals surface area contributed by atoms with E-state index < -0.39 is 47.5 Å². The largest absolute Gasteiger partial charge is 0.489 e. The Hall–Kier alpha value is -5.25. The lowest BCUT2D eigenvalue weighted by Crippen LogP contribution is -2.39. The molecular weight excluding hydrogens is 776 g/mol. The van der Waals surface area contributed by atoms with Crippen LogP contribution in [0.1, 0.15) is 47.1 Å². The van der Waals surface area contributed by atoms with Crippen LogP contribution >= 0.6 is 22.9 Å². The summed E-state index contributed by atoms with van der Waals surface area (Å²) in [6.07, 6.45) is -1.51. The van der Waals surface area contributed by atoms with Crippen LogP contribution in [-0.2, 0) is 14.3 Å². The minimum absolute atomic E-state index is 0.00643. The molecule has 0 saturated carbocycles. The van der Waals surface area contributed by atoms with Crippen molar-refractivity contribution in [2.75, 3.05) is 63.7 Å². The van der Waals surface area contributed by atoms with Crippen molar-refractivity contribution in [2.45, 2.75) is 52.7 Å². The number of aliphatic carboxylic acids is 1. The van der Waals surface area contributed by atoms with E-state index in [1.54, 1.807) is 41.5 Å². The van der Waals surface area contributed by atoms with Gasteiger partial charge in [-0.25, -0.2) is 18.4 Å². The predicted molar refractivity (Wildman–Crippen MR) is 207 cm³/mol. The molecule has 2 aromatic heterocycles. The molecule has 5 rings (SSSR count). The normalized spacial score (nSPS) is 13.5. The van der Waals surface area contributed by atoms with Crippen LogP contribution in [0.3, 0.4) is 0 Å². The fraction of sp³-hybridized carbons (Fsp3) is 0.459. The monoisotopic (exact) mass is 817 g/mol. The van der Waals surface area contributed by atoms with Gasteiger partial charge in [-0.15, -0.1) is 11.3 Å². The number of amides is 2. The van der Waals surface area contributed by atoms with E-state index in [1.807, 2.05) is 25.1 Å². The number of halogens is 3. The Bertz CT molecular complexity index is 2230. The molecule has 0 saturated heterocycles. The van der Waals surface area contributed by atoms with Crippen LogP contribution < -0.4 is 25.0 Å². The minimum Gasteiger partial charge on any atom is -0.489 e. The van der Waals surface area contributed by atoms with Gasteiger partial charge in [0.15, 0.2) is 11.6 Å². The van der Waals surface area contributed by atoms with Gasteiger partial charge in [0.2, 0.25) is 0 Å². The van der Waals surface area contributed by atoms with Crippen LogP contribution in [-0.4, -0.2) is 103 Å². The number of nitrogens with one attached hydrogen (secondary N) is 2. The molecule has 3 heterocycles. The van der Waals surface area contributed by atoms with E-state index in [9.17, 15) is 24.8 Å². The second kappa shape index (κ2) is 16.5. The number of ether oxygens (including phenoxy) is 4. The number of fused-ring (bicyclic) bond motifs is 1. The molecule has 56 heavy (non-hydrogen) atoms. The summed E-state index contributed by atoms with van der Waals surface area (Å²) >= 11 is 7.71. The number of nitrogens with zero attached hydrogens (tertiary/aromatic N) is 5. The lowest BCUT2D eigenvalue weighted by molar-refractivity contribution is -0.135. The predicted octanol–water partition coefficient (Wildman–Crippen LogP) is 7.03. The molecule has 1 aliphatic heterocycles. The first-order chi connectivity index (χ1) is 26.2. The number of rotatable bonds is 11. The molecule has 15 nitrogen and oxygen atoms in total. The van der Waals surface area contributed by atoms with Crippen molar-refractivity contribution in [3.8, 4) is 29.0 Å². The lowest BCUT2D eigenvalue weighted by Gasteiger charge is -2.24. The van der Waals surface area contributed by atoms with E-state index in [0.29, 0.717) is 6.54 Å². The maximum atomic E-state index is 17.3. The van der Waals surface area contributed by atoms with Crippen molar-refractivity contribution in [1.29, 1.82) is 5.26 Å². The molecule has 0 fully saturated rings. The van der Waals surface area contributed by atoms with E-state index in [4.69, 9.17) is 30.5 Å². The Kier molecular flexibility index (Phi) is 12.3. The van der Waals surface area contributed by atoms with Gasteiger partial charge in [-0.1, -0.05) is 17.7 Å². The van der Waals surface area contributed by atoms with Gasteiger partial charge in [0.05, 0.1) is 33.8 Å². The van der Waals surface area contributed by atoms with E-state index in [-0.39, 0.29) is 97.5 Å². The molecule has 1 aliphatic rings. The molecule has 300 valence electrons. The molecule has 2 aromatic carbocycles. The number of carbonyl (C=O) groups excluding carboxylic acids is 2. The highest BCUT2D eigenvalue weighted by Crippen LogP contribution is 2.51. The van der Waals surface area contributed by atoms with Crippen molar-refractivity contribution in [2.24, 2.45) is 5.92 Å². The average molecular weight is 818 g/mol. The number of anilines is 2. The van der Waals surface area contributed by atoms with Crippen LogP contribution in [0.2, 0.25) is 5.02 Å². The third-order valence-corrected chi connectivity index (χ3v) is 9.44. The number of aromatic nitrogens is 2. The van der Waals surface area contributed by atoms with Gasteiger partial charge in [0, 0.05) is 30.0 Å². The lowest BCUT2D eigenvalue weighted by atomic mass is 9.96. The molecule has 1 unspecified atom stereocenters. The SMILES string of the molecule is CN(C)CC(CNC(=O)OC(C)(C)C)COc1nc2c3c(c(Cl)c(-c4ccc(F)c5sc(NC(=O)OC(C)(C)C)c(C#N)c45)c(F)c3n1)OCCN2CC(=O)O. The number of carboxylic acids is 1. The highest BCUT2D eigenvalue weighted by Gasteiger charge is 2.33. The molecule has 0 aliphatic carbocycles. The molecule has 4 aromatic rings. The van der Waals surface area contributed by atoms with Crippen molar-refractivity contribution in [3.05, 3.63) is 34.4 Å². The summed E-state index contributed by atoms with van der Waals surface area (Å²) in [6, 6.07) is 4.01. The summed E-state index contributed by atoms with van der Waals surface area (Å²) in [7, 11) is 3.67. The number of carbonyl (C=O) groups is 3. The highest BCUT2D eigenvalue weighted by atomic mass is 35.5. The van der Waals surface area contributed by atoms with E-state index in [2.05, 4.69) is 20.6 Å². The second-order valence-electron chi connectivity index (χ2n) is 15.2. The van der Waals surface area contributed by atoms with Crippen molar-refractivity contribution < 1.29 is 47.2 Å². The van der Waals surface area contributed by atoms with Gasteiger partial charge < -0.3 is 39.2 Å². The van der Waals surface area contributed by atoms with E-state index >= 15 is 8.78 Å². The van der Waals surface area contributed by atoms with Crippen molar-refractivity contribution in [3.63, 3.8) is 0 Å². The molecule has 19 heteroatoms. The maximum absolute atomic E-state index is 17.3. The molecule has 1 atom stereocenters. The summed E-state index contributed by atoms with van der Waals surface area (Å²) in [5.74, 6) is -3.40. The first kappa shape index (κ1) is 41.9. The number of benzene rings is 2. The fourth-order valence-electron chi connectivity index (χ4n) is 5.98. The first-order valence-electron chi connectivity index (χ1n) is 17.4. The van der Waals surface area contributed by atoms with Crippen LogP contribution in [0.4, 0.5) is 29.2 Å². The van der Waals surface area contributed by atoms with E-state index in [0.717, 1.165) is 17.4 Å². The van der Waals surface area contributed by atoms with Gasteiger partial charge in [0.25, 0.3) is 0 Å². The Balaban J connectivity index is 1.66. The third kappa shape index (κ3) is 9.57. The number of carboxylic acid groups (broad SMARTS) is 1. The third-order valence-electron chi connectivity index (χ3n) is 7.97. The summed E-state index contributed by atoms with van der Waals surface area (Å²) in [4.78, 5) is 49.2. The molecule has 0 spiro atoms. The summed E-state index contributed by atoms with van der Waals surface area (Å²) in [6.45, 7) is 10.1. The Morgan fingerprint density at radius 3 is 2.41 bits per heavy atom. The van der Waals surface area contributed by atoms with Gasteiger partial charge in [-0.2, -0.15) is 15.2 Å². The summed E-state index contributed by atoms with van der Waals surface area (Å²) in [5, 5.41) is 24.9. The average Bonchev–Trinajstić information content (AvgIpc) is 3.34. The molecule has 2 amide bonds. The van der Waals surface area contributed by atoms with Gasteiger partial charge in [-0.05, 0) is 67.3 Å². The quantitative estimate of drug-likeness (QED) is 0.140. The number of nitriles is 1. The van der Waals surface area contributed by atoms with Crippen LogP contribution in [0.15, 0.2) is 12.1 Å². The maximum Gasteiger partial charge on any atom is 0.412 e. The Labute approximate surface area is 330 Å². The van der Waals surface area contributed by atoms with Crippen LogP contribution in [0, 0.1) is 28.9 Å². The smallest absolute Gasteiger partial charge is 0.412 e. The number of hydrogen-bond acceptors (Lipinski definition) is 13. The zero-order valence-electron chi connectivity index (χ0n) is 32.1. The summed E-state index contributed by atoms with van der Waals surface area (Å²) in [5.41, 5.74) is -2.42.